The SMILES string of the molecule is CC1CCCC(NC(=O)N2C[C@H](O)C[C@@H]2C(=O)O)CC1. The average molecular weight is 284 g/mol. The number of rotatable bonds is 2. The predicted molar refractivity (Wildman–Crippen MR) is 73.3 cm³/mol. The highest BCUT2D eigenvalue weighted by Crippen LogP contribution is 2.24. The number of amides is 2. The molecule has 1 aliphatic carbocycles. The fourth-order valence-electron chi connectivity index (χ4n) is 3.16. The van der Waals surface area contributed by atoms with E-state index in [4.69, 9.17) is 5.11 Å². The number of carboxylic acid groups (broad SMARTS) is 1. The predicted octanol–water partition coefficient (Wildman–Crippen LogP) is 1.18. The number of carbonyl (C=O) groups is 2. The minimum atomic E-state index is -1.05. The first-order valence-electron chi connectivity index (χ1n) is 7.45. The third kappa shape index (κ3) is 3.62. The molecule has 6 heteroatoms. The number of carbonyl (C=O) groups excluding carboxylic acids is 1. The van der Waals surface area contributed by atoms with Crippen LogP contribution in [0.1, 0.15) is 45.4 Å². The summed E-state index contributed by atoms with van der Waals surface area (Å²) >= 11 is 0. The lowest BCUT2D eigenvalue weighted by Crippen LogP contribution is -2.49. The maximum Gasteiger partial charge on any atom is 0.326 e. The lowest BCUT2D eigenvalue weighted by molar-refractivity contribution is -0.141. The van der Waals surface area contributed by atoms with Crippen LogP contribution in [0.4, 0.5) is 4.79 Å². The van der Waals surface area contributed by atoms with Gasteiger partial charge in [-0.2, -0.15) is 0 Å². The number of carboxylic acids is 1. The second-order valence-corrected chi connectivity index (χ2v) is 6.16. The van der Waals surface area contributed by atoms with Crippen molar-refractivity contribution in [2.75, 3.05) is 6.54 Å². The Bertz CT molecular complexity index is 374. The van der Waals surface area contributed by atoms with Crippen LogP contribution in [0.3, 0.4) is 0 Å². The molecule has 1 saturated carbocycles. The topological polar surface area (TPSA) is 89.9 Å². The van der Waals surface area contributed by atoms with Crippen LogP contribution in [0.15, 0.2) is 0 Å². The standard InChI is InChI=1S/C14H24N2O4/c1-9-3-2-4-10(6-5-9)15-14(20)16-8-11(17)7-12(16)13(18)19/h9-12,17H,2-8H2,1H3,(H,15,20)(H,18,19)/t9?,10?,11-,12-/m1/s1. The Hall–Kier alpha value is -1.30. The van der Waals surface area contributed by atoms with Crippen molar-refractivity contribution in [3.8, 4) is 0 Å². The monoisotopic (exact) mass is 284 g/mol. The average Bonchev–Trinajstić information content (AvgIpc) is 2.67. The molecule has 1 saturated heterocycles. The fraction of sp³-hybridized carbons (Fsp3) is 0.857. The van der Waals surface area contributed by atoms with Crippen LogP contribution in [0.5, 0.6) is 0 Å². The number of hydrogen-bond acceptors (Lipinski definition) is 3. The largest absolute Gasteiger partial charge is 0.480 e. The number of likely N-dealkylation sites (tertiary alicyclic amines) is 1. The maximum absolute atomic E-state index is 12.2. The van der Waals surface area contributed by atoms with Crippen molar-refractivity contribution in [3.63, 3.8) is 0 Å². The molecule has 20 heavy (non-hydrogen) atoms. The number of nitrogens with one attached hydrogen (secondary N) is 1. The van der Waals surface area contributed by atoms with E-state index >= 15 is 0 Å². The minimum absolute atomic E-state index is 0.103. The Morgan fingerprint density at radius 2 is 1.95 bits per heavy atom. The van der Waals surface area contributed by atoms with Gasteiger partial charge in [-0.3, -0.25) is 0 Å². The molecule has 0 aromatic rings. The molecule has 2 rings (SSSR count). The van der Waals surface area contributed by atoms with Crippen LogP contribution < -0.4 is 5.32 Å². The molecule has 3 N–H and O–H groups in total. The molecule has 6 nitrogen and oxygen atoms in total. The molecule has 0 radical (unpaired) electrons. The van der Waals surface area contributed by atoms with E-state index in [-0.39, 0.29) is 25.0 Å². The second-order valence-electron chi connectivity index (χ2n) is 6.16. The molecular weight excluding hydrogens is 260 g/mol. The van der Waals surface area contributed by atoms with Gasteiger partial charge in [0.05, 0.1) is 6.10 Å². The number of aliphatic hydroxyl groups excluding tert-OH is 1. The van der Waals surface area contributed by atoms with Crippen LogP contribution >= 0.6 is 0 Å². The van der Waals surface area contributed by atoms with Gasteiger partial charge in [-0.25, -0.2) is 9.59 Å². The molecule has 4 atom stereocenters. The lowest BCUT2D eigenvalue weighted by atomic mass is 10.0. The third-order valence-electron chi connectivity index (χ3n) is 4.41. The molecule has 0 bridgehead atoms. The van der Waals surface area contributed by atoms with E-state index in [1.807, 2.05) is 0 Å². The van der Waals surface area contributed by atoms with Crippen LogP contribution in [0.25, 0.3) is 0 Å². The number of urea groups is 1. The molecular formula is C14H24N2O4. The number of nitrogens with zero attached hydrogens (tertiary/aromatic N) is 1. The van der Waals surface area contributed by atoms with Crippen molar-refractivity contribution in [1.82, 2.24) is 10.2 Å². The molecule has 2 aliphatic rings. The van der Waals surface area contributed by atoms with Gasteiger partial charge in [0, 0.05) is 19.0 Å². The van der Waals surface area contributed by atoms with Gasteiger partial charge < -0.3 is 20.4 Å². The summed E-state index contributed by atoms with van der Waals surface area (Å²) in [4.78, 5) is 24.6. The highest BCUT2D eigenvalue weighted by molar-refractivity contribution is 5.83. The number of aliphatic hydroxyl groups is 1. The van der Waals surface area contributed by atoms with E-state index in [0.29, 0.717) is 5.92 Å². The van der Waals surface area contributed by atoms with E-state index in [2.05, 4.69) is 12.2 Å². The lowest BCUT2D eigenvalue weighted by Gasteiger charge is -2.25. The van der Waals surface area contributed by atoms with Crippen molar-refractivity contribution in [2.24, 2.45) is 5.92 Å². The van der Waals surface area contributed by atoms with Gasteiger partial charge >= 0.3 is 12.0 Å². The summed E-state index contributed by atoms with van der Waals surface area (Å²) in [5, 5.41) is 21.6. The van der Waals surface area contributed by atoms with E-state index in [1.165, 1.54) is 11.3 Å². The normalized spacial score (nSPS) is 34.6. The molecule has 0 spiro atoms. The van der Waals surface area contributed by atoms with E-state index in [1.54, 1.807) is 0 Å². The Morgan fingerprint density at radius 3 is 2.65 bits per heavy atom. The fourth-order valence-corrected chi connectivity index (χ4v) is 3.16. The zero-order valence-corrected chi connectivity index (χ0v) is 11.9. The number of β-amino-alcohol motifs (C(OH)–C–C–N with tert-alkyl or cyclic N) is 1. The van der Waals surface area contributed by atoms with Crippen LogP contribution in [0.2, 0.25) is 0 Å². The van der Waals surface area contributed by atoms with Gasteiger partial charge in [-0.1, -0.05) is 19.8 Å². The zero-order chi connectivity index (χ0) is 14.7. The smallest absolute Gasteiger partial charge is 0.326 e. The second kappa shape index (κ2) is 6.43. The van der Waals surface area contributed by atoms with Gasteiger partial charge in [-0.15, -0.1) is 0 Å². The first-order valence-corrected chi connectivity index (χ1v) is 7.45. The molecule has 1 heterocycles. The first-order chi connectivity index (χ1) is 9.47. The van der Waals surface area contributed by atoms with E-state index in [9.17, 15) is 14.7 Å². The van der Waals surface area contributed by atoms with Crippen molar-refractivity contribution in [2.45, 2.75) is 63.6 Å². The van der Waals surface area contributed by atoms with Crippen LogP contribution in [-0.2, 0) is 4.79 Å². The van der Waals surface area contributed by atoms with Crippen molar-refractivity contribution in [3.05, 3.63) is 0 Å². The Labute approximate surface area is 119 Å². The van der Waals surface area contributed by atoms with Gasteiger partial charge in [-0.05, 0) is 25.2 Å². The van der Waals surface area contributed by atoms with Gasteiger partial charge in [0.2, 0.25) is 0 Å². The van der Waals surface area contributed by atoms with Crippen LogP contribution in [-0.4, -0.2) is 51.8 Å². The van der Waals surface area contributed by atoms with E-state index in [0.717, 1.165) is 25.7 Å². The maximum atomic E-state index is 12.2. The summed E-state index contributed by atoms with van der Waals surface area (Å²) in [7, 11) is 0. The Kier molecular flexibility index (Phi) is 4.86. The third-order valence-corrected chi connectivity index (χ3v) is 4.41. The van der Waals surface area contributed by atoms with Gasteiger partial charge in [0.15, 0.2) is 0 Å². The summed E-state index contributed by atoms with van der Waals surface area (Å²) in [5.41, 5.74) is 0. The summed E-state index contributed by atoms with van der Waals surface area (Å²) in [6, 6.07) is -1.14. The summed E-state index contributed by atoms with van der Waals surface area (Å²) < 4.78 is 0. The summed E-state index contributed by atoms with van der Waals surface area (Å²) in [6.07, 6.45) is 4.64. The Balaban J connectivity index is 1.92. The highest BCUT2D eigenvalue weighted by Gasteiger charge is 2.39. The zero-order valence-electron chi connectivity index (χ0n) is 11.9. The van der Waals surface area contributed by atoms with Gasteiger partial charge in [0.25, 0.3) is 0 Å². The summed E-state index contributed by atoms with van der Waals surface area (Å²) in [6.45, 7) is 2.33. The molecule has 0 aromatic heterocycles. The molecule has 2 amide bonds. The number of hydrogen-bond donors (Lipinski definition) is 3. The Morgan fingerprint density at radius 1 is 1.20 bits per heavy atom. The first kappa shape index (κ1) is 15.1. The minimum Gasteiger partial charge on any atom is -0.480 e. The van der Waals surface area contributed by atoms with E-state index < -0.39 is 18.1 Å². The molecule has 0 aromatic carbocycles. The molecule has 1 aliphatic heterocycles. The van der Waals surface area contributed by atoms with Crippen molar-refractivity contribution >= 4 is 12.0 Å². The van der Waals surface area contributed by atoms with Crippen molar-refractivity contribution < 1.29 is 19.8 Å². The number of aliphatic carboxylic acids is 1. The quantitative estimate of drug-likeness (QED) is 0.664. The summed E-state index contributed by atoms with van der Waals surface area (Å²) in [5.74, 6) is -0.358. The van der Waals surface area contributed by atoms with Crippen molar-refractivity contribution in [1.29, 1.82) is 0 Å². The van der Waals surface area contributed by atoms with Gasteiger partial charge in [0.1, 0.15) is 6.04 Å². The highest BCUT2D eigenvalue weighted by atomic mass is 16.4. The van der Waals surface area contributed by atoms with Crippen LogP contribution in [0, 0.1) is 5.92 Å². The molecule has 2 unspecified atom stereocenters. The molecule has 2 fully saturated rings. The molecule has 114 valence electrons.